The summed E-state index contributed by atoms with van der Waals surface area (Å²) in [5.74, 6) is -1.53. The smallest absolute Gasteiger partial charge is 0.343 e. The Morgan fingerprint density at radius 2 is 1.56 bits per heavy atom. The number of benzene rings is 2. The Bertz CT molecular complexity index is 940. The van der Waals surface area contributed by atoms with Crippen LogP contribution in [0.5, 0.6) is 11.5 Å². The van der Waals surface area contributed by atoms with Crippen LogP contribution >= 0.6 is 0 Å². The van der Waals surface area contributed by atoms with E-state index in [1.54, 1.807) is 42.5 Å². The van der Waals surface area contributed by atoms with Crippen LogP contribution in [-0.2, 0) is 9.59 Å². The quantitative estimate of drug-likeness (QED) is 0.369. The second kappa shape index (κ2) is 7.52. The third kappa shape index (κ3) is 4.01. The minimum absolute atomic E-state index is 0.156. The Morgan fingerprint density at radius 1 is 0.926 bits per heavy atom. The number of esters is 1. The summed E-state index contributed by atoms with van der Waals surface area (Å²) in [6, 6.07) is 11.9. The number of urea groups is 1. The van der Waals surface area contributed by atoms with Gasteiger partial charge in [0, 0.05) is 5.56 Å². The van der Waals surface area contributed by atoms with Crippen LogP contribution in [0, 0.1) is 0 Å². The van der Waals surface area contributed by atoms with Gasteiger partial charge in [-0.2, -0.15) is 0 Å². The van der Waals surface area contributed by atoms with Gasteiger partial charge in [-0.1, -0.05) is 18.2 Å². The van der Waals surface area contributed by atoms with Gasteiger partial charge in [-0.3, -0.25) is 20.2 Å². The standard InChI is InChI=1S/C19H14N2O6/c1-26-13-8-6-11(7-9-13)18(24)27-15-5-3-2-4-12(15)10-14-16(22)20-19(25)21-17(14)23/h2-10H,1H3,(H2,20,21,22,23,25). The summed E-state index contributed by atoms with van der Waals surface area (Å²) in [7, 11) is 1.52. The summed E-state index contributed by atoms with van der Waals surface area (Å²) >= 11 is 0. The van der Waals surface area contributed by atoms with Crippen LogP contribution in [0.3, 0.4) is 0 Å². The highest BCUT2D eigenvalue weighted by atomic mass is 16.5. The highest BCUT2D eigenvalue weighted by molar-refractivity contribution is 6.31. The number of amides is 4. The van der Waals surface area contributed by atoms with Crippen molar-refractivity contribution in [3.8, 4) is 11.5 Å². The maximum atomic E-state index is 12.3. The largest absolute Gasteiger partial charge is 0.497 e. The minimum Gasteiger partial charge on any atom is -0.497 e. The van der Waals surface area contributed by atoms with Crippen molar-refractivity contribution < 1.29 is 28.7 Å². The van der Waals surface area contributed by atoms with Crippen LogP contribution in [0.1, 0.15) is 15.9 Å². The lowest BCUT2D eigenvalue weighted by atomic mass is 10.1. The zero-order valence-corrected chi connectivity index (χ0v) is 14.1. The van der Waals surface area contributed by atoms with Crippen LogP contribution in [0.15, 0.2) is 54.1 Å². The maximum absolute atomic E-state index is 12.3. The summed E-state index contributed by atoms with van der Waals surface area (Å²) in [4.78, 5) is 47.2. The minimum atomic E-state index is -0.888. The number of rotatable bonds is 4. The molecule has 1 fully saturated rings. The van der Waals surface area contributed by atoms with Crippen molar-refractivity contribution in [2.24, 2.45) is 0 Å². The molecule has 136 valence electrons. The Hall–Kier alpha value is -3.94. The zero-order valence-electron chi connectivity index (χ0n) is 14.1. The Kier molecular flexibility index (Phi) is 4.98. The second-order valence-electron chi connectivity index (χ2n) is 5.45. The molecule has 1 aliphatic rings. The first kappa shape index (κ1) is 17.9. The van der Waals surface area contributed by atoms with E-state index in [0.717, 1.165) is 0 Å². The Balaban J connectivity index is 1.86. The SMILES string of the molecule is COc1ccc(C(=O)Oc2ccccc2C=C2C(=O)NC(=O)NC2=O)cc1. The summed E-state index contributed by atoms with van der Waals surface area (Å²) in [5, 5.41) is 3.96. The van der Waals surface area contributed by atoms with E-state index >= 15 is 0 Å². The molecule has 0 atom stereocenters. The topological polar surface area (TPSA) is 111 Å². The number of carbonyl (C=O) groups excluding carboxylic acids is 4. The molecule has 8 heteroatoms. The number of nitrogens with one attached hydrogen (secondary N) is 2. The first-order chi connectivity index (χ1) is 13.0. The van der Waals surface area contributed by atoms with E-state index in [0.29, 0.717) is 16.9 Å². The van der Waals surface area contributed by atoms with Crippen molar-refractivity contribution in [1.82, 2.24) is 10.6 Å². The van der Waals surface area contributed by atoms with Gasteiger partial charge < -0.3 is 9.47 Å². The molecular weight excluding hydrogens is 352 g/mol. The molecule has 0 saturated carbocycles. The van der Waals surface area contributed by atoms with Crippen molar-refractivity contribution in [3.63, 3.8) is 0 Å². The fraction of sp³-hybridized carbons (Fsp3) is 0.0526. The highest BCUT2D eigenvalue weighted by Crippen LogP contribution is 2.23. The van der Waals surface area contributed by atoms with E-state index in [2.05, 4.69) is 0 Å². The van der Waals surface area contributed by atoms with Gasteiger partial charge >= 0.3 is 12.0 Å². The molecule has 0 aliphatic carbocycles. The normalized spacial score (nSPS) is 13.5. The van der Waals surface area contributed by atoms with Crippen LogP contribution in [0.4, 0.5) is 4.79 Å². The number of barbiturate groups is 1. The lowest BCUT2D eigenvalue weighted by molar-refractivity contribution is -0.123. The second-order valence-corrected chi connectivity index (χ2v) is 5.45. The molecule has 2 aromatic rings. The lowest BCUT2D eigenvalue weighted by Crippen LogP contribution is -2.51. The Morgan fingerprint density at radius 3 is 2.19 bits per heavy atom. The third-order valence-corrected chi connectivity index (χ3v) is 3.69. The van der Waals surface area contributed by atoms with E-state index in [1.165, 1.54) is 19.3 Å². The van der Waals surface area contributed by atoms with E-state index in [-0.39, 0.29) is 11.3 Å². The highest BCUT2D eigenvalue weighted by Gasteiger charge is 2.28. The van der Waals surface area contributed by atoms with E-state index in [1.807, 2.05) is 10.6 Å². The molecule has 1 saturated heterocycles. The molecule has 1 heterocycles. The van der Waals surface area contributed by atoms with Crippen LogP contribution < -0.4 is 20.1 Å². The molecule has 4 amide bonds. The molecule has 2 aromatic carbocycles. The molecule has 8 nitrogen and oxygen atoms in total. The molecule has 27 heavy (non-hydrogen) atoms. The van der Waals surface area contributed by atoms with Crippen molar-refractivity contribution in [1.29, 1.82) is 0 Å². The number of imide groups is 2. The van der Waals surface area contributed by atoms with Gasteiger partial charge in [0.25, 0.3) is 11.8 Å². The molecular formula is C19H14N2O6. The average molecular weight is 366 g/mol. The predicted molar refractivity (Wildman–Crippen MR) is 94.1 cm³/mol. The van der Waals surface area contributed by atoms with Crippen LogP contribution in [-0.4, -0.2) is 30.9 Å². The average Bonchev–Trinajstić information content (AvgIpc) is 2.66. The summed E-state index contributed by atoms with van der Waals surface area (Å²) < 4.78 is 10.4. The van der Waals surface area contributed by atoms with Gasteiger partial charge in [0.15, 0.2) is 0 Å². The predicted octanol–water partition coefficient (Wildman–Crippen LogP) is 1.66. The Labute approximate surface area is 153 Å². The third-order valence-electron chi connectivity index (χ3n) is 3.69. The van der Waals surface area contributed by atoms with Gasteiger partial charge in [0.05, 0.1) is 12.7 Å². The van der Waals surface area contributed by atoms with Crippen LogP contribution in [0.25, 0.3) is 6.08 Å². The fourth-order valence-electron chi connectivity index (χ4n) is 2.34. The van der Waals surface area contributed by atoms with Gasteiger partial charge in [0.1, 0.15) is 17.1 Å². The van der Waals surface area contributed by atoms with Gasteiger partial charge in [-0.05, 0) is 36.4 Å². The molecule has 0 radical (unpaired) electrons. The molecule has 0 unspecified atom stereocenters. The van der Waals surface area contributed by atoms with E-state index < -0.39 is 23.8 Å². The van der Waals surface area contributed by atoms with E-state index in [9.17, 15) is 19.2 Å². The first-order valence-corrected chi connectivity index (χ1v) is 7.81. The van der Waals surface area contributed by atoms with Crippen LogP contribution in [0.2, 0.25) is 0 Å². The lowest BCUT2D eigenvalue weighted by Gasteiger charge is -2.14. The number of ether oxygens (including phenoxy) is 2. The molecule has 3 rings (SSSR count). The molecule has 2 N–H and O–H groups in total. The molecule has 1 aliphatic heterocycles. The van der Waals surface area contributed by atoms with Crippen molar-refractivity contribution in [2.45, 2.75) is 0 Å². The van der Waals surface area contributed by atoms with Gasteiger partial charge in [0.2, 0.25) is 0 Å². The number of carbonyl (C=O) groups is 4. The van der Waals surface area contributed by atoms with Crippen molar-refractivity contribution in [3.05, 3.63) is 65.2 Å². The zero-order chi connectivity index (χ0) is 19.4. The van der Waals surface area contributed by atoms with Crippen molar-refractivity contribution >= 4 is 29.9 Å². The number of para-hydroxylation sites is 1. The van der Waals surface area contributed by atoms with Crippen molar-refractivity contribution in [2.75, 3.05) is 7.11 Å². The summed E-state index contributed by atoms with van der Waals surface area (Å²) in [5.41, 5.74) is 0.355. The first-order valence-electron chi connectivity index (χ1n) is 7.81. The maximum Gasteiger partial charge on any atom is 0.343 e. The van der Waals surface area contributed by atoms with E-state index in [4.69, 9.17) is 9.47 Å². The molecule has 0 spiro atoms. The fourth-order valence-corrected chi connectivity index (χ4v) is 2.34. The molecule has 0 bridgehead atoms. The van der Waals surface area contributed by atoms with Gasteiger partial charge in [-0.25, -0.2) is 9.59 Å². The number of hydrogen-bond acceptors (Lipinski definition) is 6. The number of hydrogen-bond donors (Lipinski definition) is 2. The number of methoxy groups -OCH3 is 1. The summed E-state index contributed by atoms with van der Waals surface area (Å²) in [6.07, 6.45) is 1.24. The monoisotopic (exact) mass is 366 g/mol. The summed E-state index contributed by atoms with van der Waals surface area (Å²) in [6.45, 7) is 0. The van der Waals surface area contributed by atoms with Gasteiger partial charge in [-0.15, -0.1) is 0 Å². The molecule has 0 aromatic heterocycles.